The molecule has 0 spiro atoms. The molecular weight excluding hydrogens is 326 g/mol. The number of nitrogens with zero attached hydrogens (tertiary/aromatic N) is 2. The molecule has 25 heavy (non-hydrogen) atoms. The monoisotopic (exact) mass is 343 g/mol. The molecule has 0 saturated carbocycles. The molecule has 0 fully saturated rings. The Morgan fingerprint density at radius 3 is 2.56 bits per heavy atom. The van der Waals surface area contributed by atoms with Crippen LogP contribution < -0.4 is 14.9 Å². The summed E-state index contributed by atoms with van der Waals surface area (Å²) in [6.07, 6.45) is 1.49. The molecule has 130 valence electrons. The molecule has 0 heterocycles. The third kappa shape index (κ3) is 4.77. The fraction of sp³-hybridized carbons (Fsp3) is 0.176. The Bertz CT molecular complexity index is 790. The van der Waals surface area contributed by atoms with Crippen LogP contribution in [0.25, 0.3) is 0 Å². The van der Waals surface area contributed by atoms with E-state index in [0.717, 1.165) is 5.56 Å². The van der Waals surface area contributed by atoms with Crippen LogP contribution in [0.1, 0.15) is 11.1 Å². The van der Waals surface area contributed by atoms with E-state index in [2.05, 4.69) is 10.5 Å². The van der Waals surface area contributed by atoms with Crippen LogP contribution in [0.5, 0.6) is 11.5 Å². The number of carbonyl (C=O) groups is 1. The van der Waals surface area contributed by atoms with Crippen molar-refractivity contribution in [1.29, 1.82) is 0 Å². The van der Waals surface area contributed by atoms with Gasteiger partial charge in [0.15, 0.2) is 5.75 Å². The molecule has 2 rings (SSSR count). The van der Waals surface area contributed by atoms with Crippen LogP contribution >= 0.6 is 0 Å². The van der Waals surface area contributed by atoms with Gasteiger partial charge in [-0.2, -0.15) is 5.10 Å². The van der Waals surface area contributed by atoms with Crippen molar-refractivity contribution >= 4 is 17.8 Å². The first-order valence-electron chi connectivity index (χ1n) is 7.31. The summed E-state index contributed by atoms with van der Waals surface area (Å²) in [6.45, 7) is 0. The van der Waals surface area contributed by atoms with Gasteiger partial charge >= 0.3 is 5.69 Å². The Balaban J connectivity index is 2.11. The van der Waals surface area contributed by atoms with E-state index < -0.39 is 4.92 Å². The third-order valence-electron chi connectivity index (χ3n) is 3.29. The van der Waals surface area contributed by atoms with Crippen LogP contribution in [0, 0.1) is 10.1 Å². The first kappa shape index (κ1) is 17.9. The number of hydrazone groups is 1. The van der Waals surface area contributed by atoms with E-state index in [1.54, 1.807) is 0 Å². The molecule has 0 aromatic heterocycles. The fourth-order valence-corrected chi connectivity index (χ4v) is 2.17. The Kier molecular flexibility index (Phi) is 6.05. The van der Waals surface area contributed by atoms with Crippen molar-refractivity contribution in [3.63, 3.8) is 0 Å². The van der Waals surface area contributed by atoms with Crippen molar-refractivity contribution in [2.75, 3.05) is 14.2 Å². The van der Waals surface area contributed by atoms with E-state index in [1.165, 1.54) is 32.6 Å². The predicted molar refractivity (Wildman–Crippen MR) is 92.1 cm³/mol. The summed E-state index contributed by atoms with van der Waals surface area (Å²) in [6, 6.07) is 12.0. The van der Waals surface area contributed by atoms with Crippen LogP contribution in [0.2, 0.25) is 0 Å². The van der Waals surface area contributed by atoms with Crippen molar-refractivity contribution in [2.45, 2.75) is 6.42 Å². The Morgan fingerprint density at radius 2 is 1.96 bits per heavy atom. The number of nitrogens with one attached hydrogen (secondary N) is 1. The van der Waals surface area contributed by atoms with E-state index in [4.69, 9.17) is 9.47 Å². The van der Waals surface area contributed by atoms with E-state index >= 15 is 0 Å². The fourth-order valence-electron chi connectivity index (χ4n) is 2.17. The molecule has 0 unspecified atom stereocenters. The van der Waals surface area contributed by atoms with E-state index in [9.17, 15) is 14.9 Å². The number of benzene rings is 2. The quantitative estimate of drug-likeness (QED) is 0.472. The zero-order valence-corrected chi connectivity index (χ0v) is 13.8. The SMILES string of the molecule is COc1cc(/C=N\NC(=O)Cc2ccccc2)cc([N+](=O)[O-])c1OC. The van der Waals surface area contributed by atoms with Gasteiger partial charge in [-0.25, -0.2) is 5.43 Å². The number of ether oxygens (including phenoxy) is 2. The van der Waals surface area contributed by atoms with Crippen LogP contribution in [0.4, 0.5) is 5.69 Å². The van der Waals surface area contributed by atoms with Gasteiger partial charge in [-0.15, -0.1) is 0 Å². The summed E-state index contributed by atoms with van der Waals surface area (Å²) in [5.74, 6) is -0.0658. The zero-order chi connectivity index (χ0) is 18.2. The van der Waals surface area contributed by atoms with Crippen LogP contribution in [-0.4, -0.2) is 31.3 Å². The molecule has 2 aromatic rings. The maximum Gasteiger partial charge on any atom is 0.315 e. The van der Waals surface area contributed by atoms with Gasteiger partial charge < -0.3 is 9.47 Å². The van der Waals surface area contributed by atoms with Crippen LogP contribution in [0.15, 0.2) is 47.6 Å². The van der Waals surface area contributed by atoms with E-state index in [-0.39, 0.29) is 29.5 Å². The van der Waals surface area contributed by atoms with Gasteiger partial charge in [-0.1, -0.05) is 30.3 Å². The summed E-state index contributed by atoms with van der Waals surface area (Å²) in [4.78, 5) is 22.4. The molecule has 0 aliphatic carbocycles. The summed E-state index contributed by atoms with van der Waals surface area (Å²) < 4.78 is 10.1. The molecule has 2 aromatic carbocycles. The minimum atomic E-state index is -0.577. The van der Waals surface area contributed by atoms with Crippen LogP contribution in [0.3, 0.4) is 0 Å². The lowest BCUT2D eigenvalue weighted by Gasteiger charge is -2.08. The second-order valence-corrected chi connectivity index (χ2v) is 4.99. The standard InChI is InChI=1S/C17H17N3O5/c1-24-15-9-13(8-14(20(22)23)17(15)25-2)11-18-19-16(21)10-12-6-4-3-5-7-12/h3-9,11H,10H2,1-2H3,(H,19,21)/b18-11-. The Morgan fingerprint density at radius 1 is 1.24 bits per heavy atom. The molecule has 0 atom stereocenters. The maximum atomic E-state index is 11.8. The second kappa shape index (κ2) is 8.44. The molecule has 0 aliphatic heterocycles. The first-order chi connectivity index (χ1) is 12.0. The third-order valence-corrected chi connectivity index (χ3v) is 3.29. The highest BCUT2D eigenvalue weighted by molar-refractivity contribution is 5.85. The van der Waals surface area contributed by atoms with E-state index in [1.807, 2.05) is 30.3 Å². The van der Waals surface area contributed by atoms with Crippen molar-refractivity contribution < 1.29 is 19.2 Å². The molecule has 0 radical (unpaired) electrons. The predicted octanol–water partition coefficient (Wildman–Crippen LogP) is 2.30. The summed E-state index contributed by atoms with van der Waals surface area (Å²) in [7, 11) is 2.70. The van der Waals surface area contributed by atoms with Gasteiger partial charge in [0, 0.05) is 11.6 Å². The number of methoxy groups -OCH3 is 2. The number of rotatable bonds is 7. The Hall–Kier alpha value is -3.42. The van der Waals surface area contributed by atoms with Crippen molar-refractivity contribution in [3.8, 4) is 11.5 Å². The highest BCUT2D eigenvalue weighted by Crippen LogP contribution is 2.37. The number of amides is 1. The number of nitro groups is 1. The summed E-state index contributed by atoms with van der Waals surface area (Å²) in [5, 5.41) is 15.0. The normalized spacial score (nSPS) is 10.5. The summed E-state index contributed by atoms with van der Waals surface area (Å²) in [5.41, 5.74) is 3.38. The van der Waals surface area contributed by atoms with Crippen LogP contribution in [-0.2, 0) is 11.2 Å². The summed E-state index contributed by atoms with van der Waals surface area (Å²) >= 11 is 0. The number of hydrogen-bond donors (Lipinski definition) is 1. The molecule has 1 N–H and O–H groups in total. The molecular formula is C17H17N3O5. The molecule has 8 heteroatoms. The number of nitro benzene ring substituents is 1. The number of carbonyl (C=O) groups excluding carboxylic acids is 1. The highest BCUT2D eigenvalue weighted by Gasteiger charge is 2.21. The van der Waals surface area contributed by atoms with Gasteiger partial charge in [-0.05, 0) is 11.6 Å². The van der Waals surface area contributed by atoms with Gasteiger partial charge in [0.05, 0.1) is 31.8 Å². The minimum absolute atomic E-state index is 0.0257. The Labute approximate surface area is 144 Å². The highest BCUT2D eigenvalue weighted by atomic mass is 16.6. The van der Waals surface area contributed by atoms with Gasteiger partial charge in [-0.3, -0.25) is 14.9 Å². The molecule has 0 saturated heterocycles. The molecule has 0 aliphatic rings. The maximum absolute atomic E-state index is 11.8. The van der Waals surface area contributed by atoms with Gasteiger partial charge in [0.1, 0.15) is 0 Å². The second-order valence-electron chi connectivity index (χ2n) is 4.99. The lowest BCUT2D eigenvalue weighted by molar-refractivity contribution is -0.385. The largest absolute Gasteiger partial charge is 0.493 e. The van der Waals surface area contributed by atoms with Gasteiger partial charge in [0.25, 0.3) is 0 Å². The topological polar surface area (TPSA) is 103 Å². The molecule has 0 bridgehead atoms. The van der Waals surface area contributed by atoms with Crippen molar-refractivity contribution in [3.05, 3.63) is 63.7 Å². The zero-order valence-electron chi connectivity index (χ0n) is 13.8. The van der Waals surface area contributed by atoms with Crippen molar-refractivity contribution in [2.24, 2.45) is 5.10 Å². The van der Waals surface area contributed by atoms with E-state index in [0.29, 0.717) is 5.56 Å². The molecule has 8 nitrogen and oxygen atoms in total. The average molecular weight is 343 g/mol. The number of hydrogen-bond acceptors (Lipinski definition) is 6. The smallest absolute Gasteiger partial charge is 0.315 e. The average Bonchev–Trinajstić information content (AvgIpc) is 2.61. The lowest BCUT2D eigenvalue weighted by atomic mass is 10.1. The molecule has 1 amide bonds. The van der Waals surface area contributed by atoms with Gasteiger partial charge in [0.2, 0.25) is 11.7 Å². The lowest BCUT2D eigenvalue weighted by Crippen LogP contribution is -2.19. The first-order valence-corrected chi connectivity index (χ1v) is 7.31. The van der Waals surface area contributed by atoms with Crippen molar-refractivity contribution in [1.82, 2.24) is 5.43 Å². The minimum Gasteiger partial charge on any atom is -0.493 e.